The molecule has 0 spiro atoms. The number of aliphatic hydroxyl groups excluding tert-OH is 1. The van der Waals surface area contributed by atoms with E-state index in [-0.39, 0.29) is 25.4 Å². The first-order valence-corrected chi connectivity index (χ1v) is 6.32. The maximum atomic E-state index is 11.7. The first-order valence-electron chi connectivity index (χ1n) is 4.95. The summed E-state index contributed by atoms with van der Waals surface area (Å²) in [6.45, 7) is 1.74. The fourth-order valence-electron chi connectivity index (χ4n) is 1.19. The van der Waals surface area contributed by atoms with Crippen molar-refractivity contribution in [2.45, 2.75) is 6.92 Å². The average Bonchev–Trinajstić information content (AvgIpc) is 2.26. The van der Waals surface area contributed by atoms with E-state index in [1.54, 1.807) is 37.3 Å². The van der Waals surface area contributed by atoms with E-state index < -0.39 is 10.3 Å². The first kappa shape index (κ1) is 13.0. The van der Waals surface area contributed by atoms with Crippen molar-refractivity contribution < 1.29 is 17.7 Å². The van der Waals surface area contributed by atoms with Gasteiger partial charge in [-0.15, -0.1) is 0 Å². The van der Waals surface area contributed by atoms with E-state index in [0.717, 1.165) is 4.31 Å². The first-order chi connectivity index (χ1) is 7.60. The molecule has 90 valence electrons. The van der Waals surface area contributed by atoms with Crippen LogP contribution in [0.2, 0.25) is 0 Å². The van der Waals surface area contributed by atoms with Gasteiger partial charge in [0.15, 0.2) is 0 Å². The number of aliphatic hydroxyl groups is 1. The van der Waals surface area contributed by atoms with Crippen molar-refractivity contribution in [1.29, 1.82) is 0 Å². The van der Waals surface area contributed by atoms with Crippen LogP contribution in [0.25, 0.3) is 0 Å². The summed E-state index contributed by atoms with van der Waals surface area (Å²) in [5, 5.41) is 8.74. The van der Waals surface area contributed by atoms with Crippen LogP contribution in [-0.2, 0) is 10.3 Å². The summed E-state index contributed by atoms with van der Waals surface area (Å²) in [5.74, 6) is 0.263. The summed E-state index contributed by atoms with van der Waals surface area (Å²) < 4.78 is 29.4. The molecule has 0 bridgehead atoms. The summed E-state index contributed by atoms with van der Waals surface area (Å²) in [4.78, 5) is 0. The molecule has 16 heavy (non-hydrogen) atoms. The maximum Gasteiger partial charge on any atom is 0.385 e. The Morgan fingerprint density at radius 3 is 2.44 bits per heavy atom. The van der Waals surface area contributed by atoms with Crippen LogP contribution < -0.4 is 4.18 Å². The lowest BCUT2D eigenvalue weighted by molar-refractivity contribution is 0.248. The predicted octanol–water partition coefficient (Wildman–Crippen LogP) is 0.624. The molecule has 0 unspecified atom stereocenters. The summed E-state index contributed by atoms with van der Waals surface area (Å²) in [6, 6.07) is 8.26. The lowest BCUT2D eigenvalue weighted by Crippen LogP contribution is -2.36. The number of likely N-dealkylation sites (N-methyl/N-ethyl adjacent to an activating group) is 1. The van der Waals surface area contributed by atoms with E-state index in [2.05, 4.69) is 0 Å². The predicted molar refractivity (Wildman–Crippen MR) is 60.3 cm³/mol. The van der Waals surface area contributed by atoms with Crippen LogP contribution in [0.4, 0.5) is 0 Å². The molecule has 0 aliphatic heterocycles. The Morgan fingerprint density at radius 1 is 1.31 bits per heavy atom. The fraction of sp³-hybridized carbons (Fsp3) is 0.400. The van der Waals surface area contributed by atoms with Crippen molar-refractivity contribution in [3.63, 3.8) is 0 Å². The van der Waals surface area contributed by atoms with Crippen LogP contribution in [0.1, 0.15) is 6.92 Å². The highest BCUT2D eigenvalue weighted by atomic mass is 32.2. The lowest BCUT2D eigenvalue weighted by Gasteiger charge is -2.18. The van der Waals surface area contributed by atoms with Gasteiger partial charge in [-0.2, -0.15) is 12.7 Å². The molecule has 1 rings (SSSR count). The Hall–Kier alpha value is -1.11. The van der Waals surface area contributed by atoms with Gasteiger partial charge in [0.25, 0.3) is 0 Å². The van der Waals surface area contributed by atoms with Gasteiger partial charge in [-0.05, 0) is 12.1 Å². The van der Waals surface area contributed by atoms with Crippen LogP contribution in [0.5, 0.6) is 5.75 Å². The Balaban J connectivity index is 2.78. The monoisotopic (exact) mass is 245 g/mol. The maximum absolute atomic E-state index is 11.7. The van der Waals surface area contributed by atoms with Crippen LogP contribution in [0, 0.1) is 0 Å². The van der Waals surface area contributed by atoms with E-state index in [4.69, 9.17) is 9.29 Å². The zero-order chi connectivity index (χ0) is 12.0. The van der Waals surface area contributed by atoms with Crippen LogP contribution in [0.3, 0.4) is 0 Å². The van der Waals surface area contributed by atoms with Gasteiger partial charge in [-0.1, -0.05) is 25.1 Å². The molecule has 0 amide bonds. The van der Waals surface area contributed by atoms with Gasteiger partial charge in [0.1, 0.15) is 5.75 Å². The molecule has 0 aromatic heterocycles. The minimum Gasteiger partial charge on any atom is -0.395 e. The van der Waals surface area contributed by atoms with Gasteiger partial charge in [0, 0.05) is 13.1 Å². The van der Waals surface area contributed by atoms with Gasteiger partial charge < -0.3 is 9.29 Å². The summed E-state index contributed by atoms with van der Waals surface area (Å²) >= 11 is 0. The van der Waals surface area contributed by atoms with E-state index in [0.29, 0.717) is 0 Å². The van der Waals surface area contributed by atoms with Crippen molar-refractivity contribution >= 4 is 10.3 Å². The second kappa shape index (κ2) is 5.83. The summed E-state index contributed by atoms with van der Waals surface area (Å²) in [6.07, 6.45) is 0. The Morgan fingerprint density at radius 2 is 1.94 bits per heavy atom. The highest BCUT2D eigenvalue weighted by molar-refractivity contribution is 7.84. The lowest BCUT2D eigenvalue weighted by atomic mass is 10.3. The van der Waals surface area contributed by atoms with Crippen LogP contribution in [-0.4, -0.2) is 37.5 Å². The SMILES string of the molecule is CCN(CCO)S(=O)(=O)Oc1ccccc1. The number of nitrogens with zero attached hydrogens (tertiary/aromatic N) is 1. The number of benzene rings is 1. The Kier molecular flexibility index (Phi) is 4.72. The molecule has 0 fully saturated rings. The zero-order valence-electron chi connectivity index (χ0n) is 9.04. The zero-order valence-corrected chi connectivity index (χ0v) is 9.85. The van der Waals surface area contributed by atoms with Gasteiger partial charge in [-0.25, -0.2) is 0 Å². The molecule has 0 saturated heterocycles. The van der Waals surface area contributed by atoms with Gasteiger partial charge in [0.05, 0.1) is 6.61 Å². The van der Waals surface area contributed by atoms with Crippen molar-refractivity contribution in [1.82, 2.24) is 4.31 Å². The van der Waals surface area contributed by atoms with Crippen molar-refractivity contribution in [2.75, 3.05) is 19.7 Å². The highest BCUT2D eigenvalue weighted by Gasteiger charge is 2.21. The third kappa shape index (κ3) is 3.48. The number of para-hydroxylation sites is 1. The number of hydrogen-bond donors (Lipinski definition) is 1. The second-order valence-electron chi connectivity index (χ2n) is 3.07. The van der Waals surface area contributed by atoms with E-state index >= 15 is 0 Å². The molecule has 1 aromatic rings. The normalized spacial score (nSPS) is 11.7. The van der Waals surface area contributed by atoms with Gasteiger partial charge in [0.2, 0.25) is 0 Å². The molecule has 0 atom stereocenters. The summed E-state index contributed by atoms with van der Waals surface area (Å²) in [5.41, 5.74) is 0. The number of hydrogen-bond acceptors (Lipinski definition) is 4. The molecule has 0 saturated carbocycles. The molecule has 0 aliphatic rings. The average molecular weight is 245 g/mol. The van der Waals surface area contributed by atoms with Crippen LogP contribution >= 0.6 is 0 Å². The molecule has 1 aromatic carbocycles. The minimum absolute atomic E-state index is 0.0334. The molecule has 0 heterocycles. The summed E-state index contributed by atoms with van der Waals surface area (Å²) in [7, 11) is -3.81. The van der Waals surface area contributed by atoms with Crippen molar-refractivity contribution in [3.05, 3.63) is 30.3 Å². The van der Waals surface area contributed by atoms with E-state index in [9.17, 15) is 8.42 Å². The molecule has 5 nitrogen and oxygen atoms in total. The van der Waals surface area contributed by atoms with Crippen molar-refractivity contribution in [3.8, 4) is 5.75 Å². The highest BCUT2D eigenvalue weighted by Crippen LogP contribution is 2.13. The fourth-order valence-corrected chi connectivity index (χ4v) is 2.27. The molecular weight excluding hydrogens is 230 g/mol. The van der Waals surface area contributed by atoms with Crippen LogP contribution in [0.15, 0.2) is 30.3 Å². The van der Waals surface area contributed by atoms with E-state index in [1.165, 1.54) is 0 Å². The van der Waals surface area contributed by atoms with E-state index in [1.807, 2.05) is 0 Å². The molecule has 0 aliphatic carbocycles. The minimum atomic E-state index is -3.81. The standard InChI is InChI=1S/C10H15NO4S/c1-2-11(8-9-12)16(13,14)15-10-6-4-3-5-7-10/h3-7,12H,2,8-9H2,1H3. The molecule has 6 heteroatoms. The Labute approximate surface area is 95.5 Å². The largest absolute Gasteiger partial charge is 0.395 e. The second-order valence-corrected chi connectivity index (χ2v) is 4.61. The van der Waals surface area contributed by atoms with Crippen molar-refractivity contribution in [2.24, 2.45) is 0 Å². The quantitative estimate of drug-likeness (QED) is 0.798. The molecule has 0 radical (unpaired) electrons. The smallest absolute Gasteiger partial charge is 0.385 e. The number of rotatable bonds is 6. The van der Waals surface area contributed by atoms with Gasteiger partial charge in [-0.3, -0.25) is 0 Å². The third-order valence-electron chi connectivity index (χ3n) is 1.96. The topological polar surface area (TPSA) is 66.8 Å². The molecule has 1 N–H and O–H groups in total. The third-order valence-corrected chi connectivity index (χ3v) is 3.44. The molecular formula is C10H15NO4S. The van der Waals surface area contributed by atoms with Gasteiger partial charge >= 0.3 is 10.3 Å². The Bertz CT molecular complexity index is 404.